The average Bonchev–Trinajstić information content (AvgIpc) is 3.49. The van der Waals surface area contributed by atoms with Crippen LogP contribution in [0.4, 0.5) is 0 Å². The van der Waals surface area contributed by atoms with Crippen LogP contribution < -0.4 is 14.8 Å². The number of para-hydroxylation sites is 3. The summed E-state index contributed by atoms with van der Waals surface area (Å²) in [4.78, 5) is 3.50. The number of hydrogen-bond acceptors (Lipinski definition) is 3. The van der Waals surface area contributed by atoms with Crippen molar-refractivity contribution in [1.29, 1.82) is 0 Å². The van der Waals surface area contributed by atoms with Crippen molar-refractivity contribution in [3.8, 4) is 11.5 Å². The van der Waals surface area contributed by atoms with Crippen LogP contribution >= 0.6 is 0 Å². The number of hydrogen-bond donors (Lipinski definition) is 2. The summed E-state index contributed by atoms with van der Waals surface area (Å²) in [7, 11) is 0. The van der Waals surface area contributed by atoms with Gasteiger partial charge in [0, 0.05) is 28.7 Å². The zero-order valence-electron chi connectivity index (χ0n) is 17.8. The van der Waals surface area contributed by atoms with Crippen LogP contribution in [0.5, 0.6) is 11.5 Å². The van der Waals surface area contributed by atoms with Gasteiger partial charge in [0.1, 0.15) is 6.61 Å². The first kappa shape index (κ1) is 19.8. The molecule has 0 spiro atoms. The van der Waals surface area contributed by atoms with Gasteiger partial charge in [-0.3, -0.25) is 0 Å². The normalized spacial score (nSPS) is 14.3. The van der Waals surface area contributed by atoms with Gasteiger partial charge in [-0.25, -0.2) is 0 Å². The first-order valence-corrected chi connectivity index (χ1v) is 10.7. The summed E-state index contributed by atoms with van der Waals surface area (Å²) in [5.74, 6) is 2.42. The Morgan fingerprint density at radius 3 is 2.45 bits per heavy atom. The Morgan fingerprint density at radius 2 is 1.69 bits per heavy atom. The fraction of sp³-hybridized carbons (Fsp3) is 0.440. The number of aromatic amines is 1. The first-order valence-electron chi connectivity index (χ1n) is 10.7. The lowest BCUT2D eigenvalue weighted by Crippen LogP contribution is -2.43. The van der Waals surface area contributed by atoms with Crippen LogP contribution in [0.15, 0.2) is 48.5 Å². The molecular formula is C25H32N2O2. The maximum atomic E-state index is 6.02. The van der Waals surface area contributed by atoms with Crippen LogP contribution in [0.25, 0.3) is 10.9 Å². The van der Waals surface area contributed by atoms with Crippen molar-refractivity contribution >= 4 is 10.9 Å². The average molecular weight is 393 g/mol. The molecule has 0 atom stereocenters. The van der Waals surface area contributed by atoms with Crippen LogP contribution in [-0.4, -0.2) is 30.3 Å². The molecule has 3 aromatic rings. The van der Waals surface area contributed by atoms with Gasteiger partial charge in [0.05, 0.1) is 6.61 Å². The summed E-state index contributed by atoms with van der Waals surface area (Å²) in [5, 5.41) is 4.98. The first-order chi connectivity index (χ1) is 14.0. The van der Waals surface area contributed by atoms with E-state index in [1.165, 1.54) is 35.0 Å². The maximum absolute atomic E-state index is 6.02. The van der Waals surface area contributed by atoms with Gasteiger partial charge in [-0.1, -0.05) is 30.3 Å². The van der Waals surface area contributed by atoms with Crippen LogP contribution in [0.3, 0.4) is 0 Å². The molecule has 1 aliphatic rings. The van der Waals surface area contributed by atoms with E-state index in [0.29, 0.717) is 6.61 Å². The number of fused-ring (bicyclic) bond motifs is 1. The van der Waals surface area contributed by atoms with Crippen molar-refractivity contribution in [2.75, 3.05) is 19.8 Å². The van der Waals surface area contributed by atoms with Crippen molar-refractivity contribution < 1.29 is 9.47 Å². The summed E-state index contributed by atoms with van der Waals surface area (Å²) >= 11 is 0. The number of rotatable bonds is 10. The number of benzene rings is 2. The minimum Gasteiger partial charge on any atom is -0.489 e. The molecule has 0 aliphatic heterocycles. The van der Waals surface area contributed by atoms with Crippen molar-refractivity contribution in [2.24, 2.45) is 5.92 Å². The highest BCUT2D eigenvalue weighted by Crippen LogP contribution is 2.32. The molecule has 0 radical (unpaired) electrons. The van der Waals surface area contributed by atoms with Crippen LogP contribution in [0.2, 0.25) is 0 Å². The fourth-order valence-electron chi connectivity index (χ4n) is 3.80. The zero-order chi connectivity index (χ0) is 20.3. The second-order valence-corrected chi connectivity index (χ2v) is 8.81. The molecule has 1 saturated carbocycles. The molecule has 2 N–H and O–H groups in total. The summed E-state index contributed by atoms with van der Waals surface area (Å²) in [5.41, 5.74) is 3.82. The molecule has 1 fully saturated rings. The SMILES string of the molecule is Cc1[nH]c2ccccc2c1CC(C)(C)NCCOc1ccccc1OCC1CC1. The van der Waals surface area contributed by atoms with Crippen molar-refractivity contribution in [1.82, 2.24) is 10.3 Å². The van der Waals surface area contributed by atoms with Gasteiger partial charge in [-0.05, 0) is 69.7 Å². The fourth-order valence-corrected chi connectivity index (χ4v) is 3.80. The number of H-pyrrole nitrogens is 1. The quantitative estimate of drug-likeness (QED) is 0.463. The summed E-state index contributed by atoms with van der Waals surface area (Å²) in [6, 6.07) is 16.5. The second-order valence-electron chi connectivity index (χ2n) is 8.81. The Morgan fingerprint density at radius 1 is 1.00 bits per heavy atom. The highest BCUT2D eigenvalue weighted by molar-refractivity contribution is 5.84. The summed E-state index contributed by atoms with van der Waals surface area (Å²) in [6.45, 7) is 8.86. The number of ether oxygens (including phenoxy) is 2. The molecule has 1 heterocycles. The molecule has 29 heavy (non-hydrogen) atoms. The van der Waals surface area contributed by atoms with Gasteiger partial charge in [-0.15, -0.1) is 0 Å². The van der Waals surface area contributed by atoms with E-state index in [0.717, 1.165) is 37.0 Å². The maximum Gasteiger partial charge on any atom is 0.161 e. The van der Waals surface area contributed by atoms with E-state index in [2.05, 4.69) is 55.3 Å². The van der Waals surface area contributed by atoms with E-state index >= 15 is 0 Å². The standard InChI is InChI=1S/C25H32N2O2/c1-18-21(20-8-4-5-9-22(20)27-18)16-25(2,3)26-14-15-28-23-10-6-7-11-24(23)29-17-19-12-13-19/h4-11,19,26-27H,12-17H2,1-3H3. The van der Waals surface area contributed by atoms with Crippen molar-refractivity contribution in [3.05, 3.63) is 59.8 Å². The van der Waals surface area contributed by atoms with Crippen LogP contribution in [0.1, 0.15) is 37.9 Å². The third-order valence-corrected chi connectivity index (χ3v) is 5.63. The molecule has 0 amide bonds. The van der Waals surface area contributed by atoms with Gasteiger partial charge in [0.25, 0.3) is 0 Å². The van der Waals surface area contributed by atoms with E-state index in [1.54, 1.807) is 0 Å². The highest BCUT2D eigenvalue weighted by Gasteiger charge is 2.23. The van der Waals surface area contributed by atoms with E-state index in [9.17, 15) is 0 Å². The number of aromatic nitrogens is 1. The van der Waals surface area contributed by atoms with Gasteiger partial charge < -0.3 is 19.8 Å². The molecule has 154 valence electrons. The Kier molecular flexibility index (Phi) is 5.81. The van der Waals surface area contributed by atoms with Crippen LogP contribution in [0, 0.1) is 12.8 Å². The predicted molar refractivity (Wildman–Crippen MR) is 119 cm³/mol. The van der Waals surface area contributed by atoms with Gasteiger partial charge in [0.15, 0.2) is 11.5 Å². The second kappa shape index (κ2) is 8.50. The van der Waals surface area contributed by atoms with Crippen LogP contribution in [-0.2, 0) is 6.42 Å². The monoisotopic (exact) mass is 392 g/mol. The lowest BCUT2D eigenvalue weighted by molar-refractivity contribution is 0.250. The summed E-state index contributed by atoms with van der Waals surface area (Å²) < 4.78 is 12.0. The minimum absolute atomic E-state index is 0.0267. The Hall–Kier alpha value is -2.46. The lowest BCUT2D eigenvalue weighted by Gasteiger charge is -2.27. The molecule has 0 unspecified atom stereocenters. The van der Waals surface area contributed by atoms with Gasteiger partial charge in [-0.2, -0.15) is 0 Å². The molecule has 1 aliphatic carbocycles. The Bertz CT molecular complexity index is 956. The van der Waals surface area contributed by atoms with E-state index < -0.39 is 0 Å². The molecule has 1 aromatic heterocycles. The highest BCUT2D eigenvalue weighted by atomic mass is 16.5. The lowest BCUT2D eigenvalue weighted by atomic mass is 9.93. The molecule has 0 saturated heterocycles. The molecule has 2 aromatic carbocycles. The van der Waals surface area contributed by atoms with Crippen molar-refractivity contribution in [2.45, 2.75) is 45.6 Å². The van der Waals surface area contributed by atoms with E-state index in [-0.39, 0.29) is 5.54 Å². The predicted octanol–water partition coefficient (Wildman–Crippen LogP) is 5.25. The van der Waals surface area contributed by atoms with Crippen molar-refractivity contribution in [3.63, 3.8) is 0 Å². The molecule has 0 bridgehead atoms. The Labute approximate surface area is 173 Å². The third kappa shape index (κ3) is 5.13. The topological polar surface area (TPSA) is 46.3 Å². The molecule has 4 nitrogen and oxygen atoms in total. The smallest absolute Gasteiger partial charge is 0.161 e. The molecule has 4 rings (SSSR count). The van der Waals surface area contributed by atoms with E-state index in [1.807, 2.05) is 24.3 Å². The molecule has 4 heteroatoms. The largest absolute Gasteiger partial charge is 0.489 e. The Balaban J connectivity index is 1.30. The third-order valence-electron chi connectivity index (χ3n) is 5.63. The zero-order valence-corrected chi connectivity index (χ0v) is 17.8. The molecular weight excluding hydrogens is 360 g/mol. The van der Waals surface area contributed by atoms with E-state index in [4.69, 9.17) is 9.47 Å². The van der Waals surface area contributed by atoms with Gasteiger partial charge in [0.2, 0.25) is 0 Å². The van der Waals surface area contributed by atoms with Gasteiger partial charge >= 0.3 is 0 Å². The number of aryl methyl sites for hydroxylation is 1. The minimum atomic E-state index is -0.0267. The number of nitrogens with one attached hydrogen (secondary N) is 2. The summed E-state index contributed by atoms with van der Waals surface area (Å²) in [6.07, 6.45) is 3.54.